The maximum absolute atomic E-state index is 13.1. The summed E-state index contributed by atoms with van der Waals surface area (Å²) in [7, 11) is -3.86. The summed E-state index contributed by atoms with van der Waals surface area (Å²) in [5.74, 6) is -0.855. The van der Waals surface area contributed by atoms with Crippen LogP contribution in [-0.2, 0) is 16.0 Å². The van der Waals surface area contributed by atoms with Crippen molar-refractivity contribution < 1.29 is 43.9 Å². The van der Waals surface area contributed by atoms with Gasteiger partial charge in [0, 0.05) is 17.8 Å². The Morgan fingerprint density at radius 2 is 1.62 bits per heavy atom. The molecule has 0 N–H and O–H groups in total. The van der Waals surface area contributed by atoms with Crippen LogP contribution in [0.3, 0.4) is 0 Å². The topological polar surface area (TPSA) is 86.5 Å². The zero-order valence-corrected chi connectivity index (χ0v) is 19.4. The number of ether oxygens (including phenoxy) is 1. The fourth-order valence-corrected chi connectivity index (χ4v) is 4.27. The highest BCUT2D eigenvalue weighted by Crippen LogP contribution is 2.33. The fraction of sp³-hybridized carbons (Fsp3) is 0.227. The second kappa shape index (κ2) is 9.28. The Hall–Kier alpha value is -3.75. The highest BCUT2D eigenvalue weighted by molar-refractivity contribution is 7.91. The lowest BCUT2D eigenvalue weighted by molar-refractivity contribution is -0.253. The van der Waals surface area contributed by atoms with E-state index in [1.807, 2.05) is 0 Å². The minimum atomic E-state index is -4.72. The number of benzene rings is 1. The number of aromatic nitrogens is 4. The van der Waals surface area contributed by atoms with Crippen LogP contribution in [0, 0.1) is 0 Å². The summed E-state index contributed by atoms with van der Waals surface area (Å²) in [6.07, 6.45) is -12.3. The maximum atomic E-state index is 13.1. The largest absolute Gasteiger partial charge is 0.461 e. The van der Waals surface area contributed by atoms with Crippen LogP contribution in [-0.4, -0.2) is 46.3 Å². The first-order valence-electron chi connectivity index (χ1n) is 10.3. The van der Waals surface area contributed by atoms with Gasteiger partial charge in [0.15, 0.2) is 21.2 Å². The Labute approximate surface area is 204 Å². The summed E-state index contributed by atoms with van der Waals surface area (Å²) in [6, 6.07) is 8.96. The summed E-state index contributed by atoms with van der Waals surface area (Å²) in [5, 5.41) is 3.39. The van der Waals surface area contributed by atoms with Crippen LogP contribution in [0.25, 0.3) is 28.3 Å². The summed E-state index contributed by atoms with van der Waals surface area (Å²) >= 11 is 0. The van der Waals surface area contributed by atoms with E-state index in [4.69, 9.17) is 0 Å². The molecule has 0 amide bonds. The van der Waals surface area contributed by atoms with Gasteiger partial charge in [-0.3, -0.25) is 0 Å². The third-order valence-corrected chi connectivity index (χ3v) is 6.85. The fourth-order valence-electron chi connectivity index (χ4n) is 3.24. The van der Waals surface area contributed by atoms with Gasteiger partial charge in [-0.1, -0.05) is 6.92 Å². The minimum absolute atomic E-state index is 0.0634. The molecule has 4 aromatic rings. The average molecular weight is 548 g/mol. The van der Waals surface area contributed by atoms with Gasteiger partial charge < -0.3 is 4.74 Å². The lowest BCUT2D eigenvalue weighted by Gasteiger charge is -2.17. The summed E-state index contributed by atoms with van der Waals surface area (Å²) in [6.45, 7) is 1.39. The minimum Gasteiger partial charge on any atom is -0.428 e. The lowest BCUT2D eigenvalue weighted by Crippen LogP contribution is -2.33. The molecule has 0 saturated heterocycles. The van der Waals surface area contributed by atoms with E-state index in [0.717, 1.165) is 16.6 Å². The Morgan fingerprint density at radius 1 is 0.946 bits per heavy atom. The number of nitrogens with zero attached hydrogens (tertiary/aromatic N) is 4. The van der Waals surface area contributed by atoms with E-state index in [2.05, 4.69) is 19.8 Å². The molecule has 0 unspecified atom stereocenters. The van der Waals surface area contributed by atoms with E-state index < -0.39 is 40.0 Å². The van der Waals surface area contributed by atoms with E-state index in [9.17, 15) is 39.2 Å². The van der Waals surface area contributed by atoms with Gasteiger partial charge in [-0.05, 0) is 42.5 Å². The smallest absolute Gasteiger partial charge is 0.428 e. The molecule has 0 fully saturated rings. The Kier molecular flexibility index (Phi) is 6.60. The second-order valence-electron chi connectivity index (χ2n) is 7.58. The molecular weight excluding hydrogens is 533 g/mol. The highest BCUT2D eigenvalue weighted by Gasteiger charge is 2.44. The van der Waals surface area contributed by atoms with Crippen molar-refractivity contribution in [3.05, 3.63) is 60.4 Å². The van der Waals surface area contributed by atoms with E-state index >= 15 is 0 Å². The number of alkyl halides is 7. The summed E-state index contributed by atoms with van der Waals surface area (Å²) in [4.78, 5) is 8.18. The predicted molar refractivity (Wildman–Crippen MR) is 116 cm³/mol. The van der Waals surface area contributed by atoms with Gasteiger partial charge in [0.05, 0.1) is 22.0 Å². The van der Waals surface area contributed by atoms with Gasteiger partial charge in [0.2, 0.25) is 0 Å². The normalized spacial score (nSPS) is 12.9. The van der Waals surface area contributed by atoms with Crippen molar-refractivity contribution in [2.45, 2.75) is 30.5 Å². The lowest BCUT2D eigenvalue weighted by atomic mass is 10.1. The molecular formula is C22H15F7N4O3S. The first-order chi connectivity index (χ1) is 17.2. The first-order valence-corrected chi connectivity index (χ1v) is 12.0. The number of halogens is 7. The molecule has 0 aliphatic rings. The van der Waals surface area contributed by atoms with Crippen molar-refractivity contribution in [3.8, 4) is 28.4 Å². The van der Waals surface area contributed by atoms with E-state index in [0.29, 0.717) is 6.07 Å². The molecule has 1 aromatic carbocycles. The third kappa shape index (κ3) is 5.35. The number of hydrogen-bond acceptors (Lipinski definition) is 6. The van der Waals surface area contributed by atoms with Crippen molar-refractivity contribution in [1.82, 2.24) is 19.6 Å². The van der Waals surface area contributed by atoms with Crippen LogP contribution >= 0.6 is 0 Å². The molecule has 3 heterocycles. The highest BCUT2D eigenvalue weighted by atomic mass is 32.2. The Morgan fingerprint density at radius 3 is 2.22 bits per heavy atom. The van der Waals surface area contributed by atoms with E-state index in [-0.39, 0.29) is 38.9 Å². The van der Waals surface area contributed by atoms with Crippen molar-refractivity contribution in [3.63, 3.8) is 0 Å². The molecule has 4 rings (SSSR count). The molecule has 0 atom stereocenters. The Bertz CT molecular complexity index is 1550. The molecule has 196 valence electrons. The van der Waals surface area contributed by atoms with Gasteiger partial charge in [0.25, 0.3) is 0 Å². The SMILES string of the molecule is CCS(=O)(=O)c1ccc(-c2ccc(OC(F)(F)C(F)F)cc2)nc1-c1ccn2nc(C(F)(F)F)cc2n1. The Balaban J connectivity index is 1.79. The molecule has 37 heavy (non-hydrogen) atoms. The molecule has 15 heteroatoms. The van der Waals surface area contributed by atoms with Crippen LogP contribution in [0.4, 0.5) is 30.7 Å². The monoisotopic (exact) mass is 548 g/mol. The van der Waals surface area contributed by atoms with E-state index in [1.165, 1.54) is 43.5 Å². The van der Waals surface area contributed by atoms with Crippen molar-refractivity contribution >= 4 is 15.5 Å². The number of sulfone groups is 1. The third-order valence-electron chi connectivity index (χ3n) is 5.09. The van der Waals surface area contributed by atoms with Crippen molar-refractivity contribution in [2.75, 3.05) is 5.75 Å². The molecule has 7 nitrogen and oxygen atoms in total. The number of hydrogen-bond donors (Lipinski definition) is 0. The molecule has 0 aliphatic carbocycles. The molecule has 0 bridgehead atoms. The molecule has 3 aromatic heterocycles. The zero-order chi connectivity index (χ0) is 27.2. The van der Waals surface area contributed by atoms with Crippen LogP contribution < -0.4 is 4.74 Å². The molecule has 0 saturated carbocycles. The molecule has 0 spiro atoms. The van der Waals surface area contributed by atoms with Crippen molar-refractivity contribution in [1.29, 1.82) is 0 Å². The van der Waals surface area contributed by atoms with Gasteiger partial charge >= 0.3 is 18.7 Å². The van der Waals surface area contributed by atoms with Crippen LogP contribution in [0.2, 0.25) is 0 Å². The molecule has 0 radical (unpaired) electrons. The maximum Gasteiger partial charge on any atom is 0.461 e. The summed E-state index contributed by atoms with van der Waals surface area (Å²) < 4.78 is 120. The van der Waals surface area contributed by atoms with Gasteiger partial charge in [-0.15, -0.1) is 0 Å². The van der Waals surface area contributed by atoms with Crippen LogP contribution in [0.15, 0.2) is 59.6 Å². The van der Waals surface area contributed by atoms with Gasteiger partial charge in [-0.2, -0.15) is 35.8 Å². The predicted octanol–water partition coefficient (Wildman–Crippen LogP) is 5.51. The number of fused-ring (bicyclic) bond motifs is 1. The van der Waals surface area contributed by atoms with E-state index in [1.54, 1.807) is 0 Å². The van der Waals surface area contributed by atoms with Crippen LogP contribution in [0.1, 0.15) is 12.6 Å². The number of pyridine rings is 1. The number of rotatable bonds is 7. The average Bonchev–Trinajstić information content (AvgIpc) is 3.28. The van der Waals surface area contributed by atoms with Gasteiger partial charge in [-0.25, -0.2) is 22.9 Å². The second-order valence-corrected chi connectivity index (χ2v) is 9.83. The standard InChI is InChI=1S/C22H15F7N4O3S/c1-2-37(34,35)16-8-7-14(12-3-5-13(6-4-12)36-22(28,29)20(23)24)31-19(16)15-9-10-33-18(30-15)11-17(32-33)21(25,26)27/h3-11,20H,2H2,1H3. The molecule has 0 aliphatic heterocycles. The quantitative estimate of drug-likeness (QED) is 0.283. The zero-order valence-electron chi connectivity index (χ0n) is 18.5. The van der Waals surface area contributed by atoms with Crippen molar-refractivity contribution in [2.24, 2.45) is 0 Å². The first kappa shape index (κ1) is 26.3. The van der Waals surface area contributed by atoms with Gasteiger partial charge in [0.1, 0.15) is 11.4 Å². The van der Waals surface area contributed by atoms with Crippen LogP contribution in [0.5, 0.6) is 5.75 Å². The summed E-state index contributed by atoms with van der Waals surface area (Å²) in [5.41, 5.74) is -1.21.